The summed E-state index contributed by atoms with van der Waals surface area (Å²) in [5.41, 5.74) is -0.483. The van der Waals surface area contributed by atoms with Crippen molar-refractivity contribution in [3.63, 3.8) is 0 Å². The number of likely N-dealkylation sites (tertiary alicyclic amines) is 1. The summed E-state index contributed by atoms with van der Waals surface area (Å²) in [6, 6.07) is 0.330. The van der Waals surface area contributed by atoms with Crippen molar-refractivity contribution in [1.82, 2.24) is 10.2 Å². The number of nitrogens with zero attached hydrogens (tertiary/aromatic N) is 1. The first-order valence-corrected chi connectivity index (χ1v) is 7.26. The number of amides is 1. The van der Waals surface area contributed by atoms with Gasteiger partial charge in [-0.3, -0.25) is 0 Å². The van der Waals surface area contributed by atoms with E-state index >= 15 is 0 Å². The lowest BCUT2D eigenvalue weighted by Crippen LogP contribution is -2.44. The molecule has 5 heteroatoms. The Morgan fingerprint density at radius 2 is 2.05 bits per heavy atom. The van der Waals surface area contributed by atoms with Gasteiger partial charge in [0.2, 0.25) is 0 Å². The molecule has 0 bridgehead atoms. The molecule has 2 N–H and O–H groups in total. The van der Waals surface area contributed by atoms with Crippen LogP contribution in [0.1, 0.15) is 40.0 Å². The number of carbonyl (C=O) groups excluding carboxylic acids is 1. The summed E-state index contributed by atoms with van der Waals surface area (Å²) in [4.78, 5) is 13.6. The molecule has 0 aromatic heterocycles. The van der Waals surface area contributed by atoms with Gasteiger partial charge in [0.15, 0.2) is 0 Å². The maximum absolute atomic E-state index is 12.0. The van der Waals surface area contributed by atoms with Gasteiger partial charge in [-0.15, -0.1) is 0 Å². The molecule has 0 radical (unpaired) electrons. The summed E-state index contributed by atoms with van der Waals surface area (Å²) in [5.74, 6) is 0.132. The number of hydrogen-bond donors (Lipinski definition) is 2. The van der Waals surface area contributed by atoms with Gasteiger partial charge in [0.25, 0.3) is 0 Å². The summed E-state index contributed by atoms with van der Waals surface area (Å²) < 4.78 is 5.36. The highest BCUT2D eigenvalue weighted by atomic mass is 16.6. The van der Waals surface area contributed by atoms with E-state index < -0.39 is 11.7 Å². The SMILES string of the molecule is CC(C)(C)OC(=O)N1C[C@@H](O)[C@H](C2CCCCN2)C1. The van der Waals surface area contributed by atoms with Crippen molar-refractivity contribution >= 4 is 6.09 Å². The second kappa shape index (κ2) is 5.67. The van der Waals surface area contributed by atoms with Gasteiger partial charge in [0.05, 0.1) is 12.6 Å². The average Bonchev–Trinajstić information content (AvgIpc) is 2.70. The summed E-state index contributed by atoms with van der Waals surface area (Å²) in [5, 5.41) is 13.6. The van der Waals surface area contributed by atoms with Crippen LogP contribution in [-0.2, 0) is 4.74 Å². The number of hydrogen-bond acceptors (Lipinski definition) is 4. The second-order valence-electron chi connectivity index (χ2n) is 6.67. The first-order chi connectivity index (χ1) is 8.87. The Morgan fingerprint density at radius 3 is 2.63 bits per heavy atom. The quantitative estimate of drug-likeness (QED) is 0.755. The Kier molecular flexibility index (Phi) is 4.36. The second-order valence-corrected chi connectivity index (χ2v) is 6.67. The topological polar surface area (TPSA) is 61.8 Å². The fourth-order valence-corrected chi connectivity index (χ4v) is 2.93. The fraction of sp³-hybridized carbons (Fsp3) is 0.929. The van der Waals surface area contributed by atoms with Crippen LogP contribution in [0.4, 0.5) is 4.79 Å². The maximum Gasteiger partial charge on any atom is 0.410 e. The van der Waals surface area contributed by atoms with Crippen LogP contribution in [0, 0.1) is 5.92 Å². The third kappa shape index (κ3) is 3.83. The zero-order chi connectivity index (χ0) is 14.0. The van der Waals surface area contributed by atoms with Crippen molar-refractivity contribution in [2.75, 3.05) is 19.6 Å². The molecule has 2 aliphatic heterocycles. The Morgan fingerprint density at radius 1 is 1.32 bits per heavy atom. The van der Waals surface area contributed by atoms with E-state index in [1.54, 1.807) is 4.90 Å². The molecule has 0 aromatic rings. The van der Waals surface area contributed by atoms with Crippen LogP contribution in [0.5, 0.6) is 0 Å². The predicted octanol–water partition coefficient (Wildman–Crippen LogP) is 1.36. The van der Waals surface area contributed by atoms with Crippen LogP contribution in [0.2, 0.25) is 0 Å². The Bertz CT molecular complexity index is 321. The number of carbonyl (C=O) groups is 1. The summed E-state index contributed by atoms with van der Waals surface area (Å²) >= 11 is 0. The van der Waals surface area contributed by atoms with Gasteiger partial charge >= 0.3 is 6.09 Å². The van der Waals surface area contributed by atoms with Gasteiger partial charge in [-0.25, -0.2) is 4.79 Å². The van der Waals surface area contributed by atoms with Crippen molar-refractivity contribution in [1.29, 1.82) is 0 Å². The van der Waals surface area contributed by atoms with E-state index in [-0.39, 0.29) is 12.0 Å². The third-order valence-electron chi connectivity index (χ3n) is 3.85. The van der Waals surface area contributed by atoms with E-state index in [1.807, 2.05) is 20.8 Å². The predicted molar refractivity (Wildman–Crippen MR) is 72.9 cm³/mol. The van der Waals surface area contributed by atoms with Gasteiger partial charge in [-0.05, 0) is 40.2 Å². The van der Waals surface area contributed by atoms with E-state index in [1.165, 1.54) is 12.8 Å². The van der Waals surface area contributed by atoms with Crippen LogP contribution in [0.25, 0.3) is 0 Å². The molecule has 2 heterocycles. The minimum Gasteiger partial charge on any atom is -0.444 e. The Balaban J connectivity index is 1.91. The first-order valence-electron chi connectivity index (χ1n) is 7.26. The zero-order valence-electron chi connectivity index (χ0n) is 12.2. The van der Waals surface area contributed by atoms with Crippen LogP contribution in [0.15, 0.2) is 0 Å². The van der Waals surface area contributed by atoms with Crippen molar-refractivity contribution in [3.8, 4) is 0 Å². The van der Waals surface area contributed by atoms with Crippen molar-refractivity contribution in [2.45, 2.75) is 57.8 Å². The lowest BCUT2D eigenvalue weighted by Gasteiger charge is -2.30. The molecule has 1 unspecified atom stereocenters. The molecule has 2 saturated heterocycles. The molecule has 3 atom stereocenters. The normalized spacial score (nSPS) is 32.4. The highest BCUT2D eigenvalue weighted by molar-refractivity contribution is 5.68. The smallest absolute Gasteiger partial charge is 0.410 e. The molecule has 0 spiro atoms. The van der Waals surface area contributed by atoms with Gasteiger partial charge in [0, 0.05) is 18.5 Å². The lowest BCUT2D eigenvalue weighted by molar-refractivity contribution is 0.0269. The standard InChI is InChI=1S/C14H26N2O3/c1-14(2,3)19-13(18)16-8-10(12(17)9-16)11-6-4-5-7-15-11/h10-12,15,17H,4-9H2,1-3H3/t10-,11?,12+/m0/s1. The number of rotatable bonds is 1. The average molecular weight is 270 g/mol. The minimum absolute atomic E-state index is 0.132. The van der Waals surface area contributed by atoms with Crippen LogP contribution >= 0.6 is 0 Å². The number of aliphatic hydroxyl groups excluding tert-OH is 1. The van der Waals surface area contributed by atoms with Crippen LogP contribution in [-0.4, -0.2) is 53.5 Å². The van der Waals surface area contributed by atoms with E-state index in [0.717, 1.165) is 13.0 Å². The van der Waals surface area contributed by atoms with Crippen LogP contribution in [0.3, 0.4) is 0 Å². The molecular weight excluding hydrogens is 244 g/mol. The highest BCUT2D eigenvalue weighted by Crippen LogP contribution is 2.26. The molecule has 1 amide bonds. The van der Waals surface area contributed by atoms with E-state index in [2.05, 4.69) is 5.32 Å². The first kappa shape index (κ1) is 14.6. The maximum atomic E-state index is 12.0. The molecule has 0 saturated carbocycles. The molecule has 5 nitrogen and oxygen atoms in total. The molecule has 19 heavy (non-hydrogen) atoms. The molecule has 0 aliphatic carbocycles. The van der Waals surface area contributed by atoms with Gasteiger partial charge in [-0.2, -0.15) is 0 Å². The van der Waals surface area contributed by atoms with E-state index in [9.17, 15) is 9.90 Å². The summed E-state index contributed by atoms with van der Waals surface area (Å²) in [7, 11) is 0. The minimum atomic E-state index is -0.483. The number of ether oxygens (including phenoxy) is 1. The van der Waals surface area contributed by atoms with Crippen molar-refractivity contribution in [3.05, 3.63) is 0 Å². The number of aliphatic hydroxyl groups is 1. The zero-order valence-corrected chi connectivity index (χ0v) is 12.2. The van der Waals surface area contributed by atoms with Crippen LogP contribution < -0.4 is 5.32 Å². The molecule has 2 rings (SSSR count). The Labute approximate surface area is 115 Å². The van der Waals surface area contributed by atoms with Gasteiger partial charge in [-0.1, -0.05) is 6.42 Å². The summed E-state index contributed by atoms with van der Waals surface area (Å²) in [6.07, 6.45) is 2.74. The van der Waals surface area contributed by atoms with Crippen molar-refractivity contribution in [2.24, 2.45) is 5.92 Å². The van der Waals surface area contributed by atoms with Gasteiger partial charge in [0.1, 0.15) is 5.60 Å². The van der Waals surface area contributed by atoms with Gasteiger partial charge < -0.3 is 20.1 Å². The monoisotopic (exact) mass is 270 g/mol. The molecule has 0 aromatic carbocycles. The largest absolute Gasteiger partial charge is 0.444 e. The number of piperidine rings is 1. The van der Waals surface area contributed by atoms with E-state index in [0.29, 0.717) is 19.1 Å². The Hall–Kier alpha value is -0.810. The third-order valence-corrected chi connectivity index (χ3v) is 3.85. The lowest BCUT2D eigenvalue weighted by atomic mass is 9.90. The fourth-order valence-electron chi connectivity index (χ4n) is 2.93. The molecule has 2 fully saturated rings. The summed E-state index contributed by atoms with van der Waals surface area (Å²) in [6.45, 7) is 7.57. The molecular formula is C14H26N2O3. The number of nitrogens with one attached hydrogen (secondary N) is 1. The highest BCUT2D eigenvalue weighted by Gasteiger charge is 2.40. The number of β-amino-alcohol motifs (C(OH)–C–C–N with tert-alkyl or cyclic N) is 1. The van der Waals surface area contributed by atoms with E-state index in [4.69, 9.17) is 4.74 Å². The molecule has 2 aliphatic rings. The molecule has 110 valence electrons. The van der Waals surface area contributed by atoms with Crippen molar-refractivity contribution < 1.29 is 14.6 Å².